The molecule has 0 amide bonds. The molecule has 0 atom stereocenters. The number of methoxy groups -OCH3 is 1. The highest BCUT2D eigenvalue weighted by atomic mass is 16.5. The number of rotatable bonds is 5. The fraction of sp³-hybridized carbons (Fsp3) is 0.632. The molecule has 1 aliphatic rings. The quantitative estimate of drug-likeness (QED) is 0.574. The Morgan fingerprint density at radius 1 is 1.19 bits per heavy atom. The molecule has 1 fully saturated rings. The third-order valence-corrected chi connectivity index (χ3v) is 4.55. The van der Waals surface area contributed by atoms with Crippen molar-refractivity contribution in [2.24, 2.45) is 5.92 Å². The number of hydrogen-bond acceptors (Lipinski definition) is 2. The van der Waals surface area contributed by atoms with Crippen molar-refractivity contribution in [3.8, 4) is 0 Å². The minimum absolute atomic E-state index is 0.178. The number of carbonyl (C=O) groups is 1. The van der Waals surface area contributed by atoms with Crippen LogP contribution >= 0.6 is 0 Å². The van der Waals surface area contributed by atoms with Crippen LogP contribution in [0.15, 0.2) is 24.3 Å². The average molecular weight is 288 g/mol. The Bertz CT molecular complexity index is 468. The predicted octanol–water partition coefficient (Wildman–Crippen LogP) is 4.81. The van der Waals surface area contributed by atoms with E-state index in [4.69, 9.17) is 4.74 Å². The first-order valence-corrected chi connectivity index (χ1v) is 8.26. The van der Waals surface area contributed by atoms with Crippen LogP contribution in [0.1, 0.15) is 68.3 Å². The second kappa shape index (κ2) is 7.22. The predicted molar refractivity (Wildman–Crippen MR) is 86.8 cm³/mol. The zero-order valence-corrected chi connectivity index (χ0v) is 13.7. The Hall–Kier alpha value is -1.15. The fourth-order valence-corrected chi connectivity index (χ4v) is 3.40. The molecule has 0 radical (unpaired) electrons. The lowest BCUT2D eigenvalue weighted by Crippen LogP contribution is -2.40. The van der Waals surface area contributed by atoms with Crippen LogP contribution in [0, 0.1) is 5.92 Å². The number of Topliss-reactive ketones (excluding diaryl/α,β-unsaturated/α-hetero) is 1. The lowest BCUT2D eigenvalue weighted by molar-refractivity contribution is -0.00692. The Labute approximate surface area is 128 Å². The van der Waals surface area contributed by atoms with Gasteiger partial charge in [0, 0.05) is 12.7 Å². The smallest absolute Gasteiger partial charge is 0.194 e. The maximum Gasteiger partial charge on any atom is 0.194 e. The molecule has 0 spiro atoms. The van der Waals surface area contributed by atoms with Gasteiger partial charge in [-0.1, -0.05) is 57.7 Å². The molecule has 1 saturated carbocycles. The maximum absolute atomic E-state index is 13.0. The van der Waals surface area contributed by atoms with Gasteiger partial charge in [0.25, 0.3) is 0 Å². The van der Waals surface area contributed by atoms with E-state index in [0.29, 0.717) is 5.92 Å². The summed E-state index contributed by atoms with van der Waals surface area (Å²) >= 11 is 0. The van der Waals surface area contributed by atoms with Crippen molar-refractivity contribution in [1.82, 2.24) is 0 Å². The molecule has 1 aromatic rings. The van der Waals surface area contributed by atoms with Crippen LogP contribution in [0.2, 0.25) is 0 Å². The third-order valence-electron chi connectivity index (χ3n) is 4.55. The zero-order valence-electron chi connectivity index (χ0n) is 13.7. The molecule has 1 aliphatic carbocycles. The molecule has 0 unspecified atom stereocenters. The first-order chi connectivity index (χ1) is 10.1. The van der Waals surface area contributed by atoms with Crippen molar-refractivity contribution in [2.45, 2.75) is 64.4 Å². The van der Waals surface area contributed by atoms with E-state index in [9.17, 15) is 4.79 Å². The van der Waals surface area contributed by atoms with Gasteiger partial charge in [0.1, 0.15) is 5.60 Å². The van der Waals surface area contributed by atoms with Gasteiger partial charge in [-0.25, -0.2) is 0 Å². The molecule has 0 aromatic heterocycles. The molecule has 21 heavy (non-hydrogen) atoms. The molecule has 2 heteroatoms. The van der Waals surface area contributed by atoms with Gasteiger partial charge in [0.15, 0.2) is 5.78 Å². The highest BCUT2D eigenvalue weighted by Crippen LogP contribution is 2.33. The molecular weight excluding hydrogens is 260 g/mol. The number of hydrogen-bond donors (Lipinski definition) is 0. The van der Waals surface area contributed by atoms with E-state index in [0.717, 1.165) is 37.7 Å². The summed E-state index contributed by atoms with van der Waals surface area (Å²) in [5.41, 5.74) is 1.47. The van der Waals surface area contributed by atoms with Crippen molar-refractivity contribution in [3.05, 3.63) is 35.4 Å². The second-order valence-corrected chi connectivity index (χ2v) is 6.74. The minimum Gasteiger partial charge on any atom is -0.370 e. The lowest BCUT2D eigenvalue weighted by atomic mass is 9.85. The van der Waals surface area contributed by atoms with Crippen LogP contribution < -0.4 is 0 Å². The number of carbonyl (C=O) groups excluding carboxylic acids is 1. The molecule has 0 saturated heterocycles. The van der Waals surface area contributed by atoms with Gasteiger partial charge in [0.05, 0.1) is 0 Å². The Morgan fingerprint density at radius 2 is 1.86 bits per heavy atom. The van der Waals surface area contributed by atoms with E-state index in [-0.39, 0.29) is 5.78 Å². The minimum atomic E-state index is -0.590. The fourth-order valence-electron chi connectivity index (χ4n) is 3.40. The maximum atomic E-state index is 13.0. The summed E-state index contributed by atoms with van der Waals surface area (Å²) in [4.78, 5) is 13.0. The highest BCUT2D eigenvalue weighted by molar-refractivity contribution is 6.02. The standard InChI is InChI=1S/C19H28O2/c1-15(2)13-16-9-8-10-17(14-16)18(20)19(21-3)11-6-4-5-7-12-19/h8-10,14-15H,4-7,11-13H2,1-3H3. The summed E-state index contributed by atoms with van der Waals surface area (Å²) in [6.07, 6.45) is 7.34. The van der Waals surface area contributed by atoms with Gasteiger partial charge in [-0.3, -0.25) is 4.79 Å². The Morgan fingerprint density at radius 3 is 2.43 bits per heavy atom. The van der Waals surface area contributed by atoms with Crippen LogP contribution in [0.4, 0.5) is 0 Å². The third kappa shape index (κ3) is 3.94. The molecule has 116 valence electrons. The van der Waals surface area contributed by atoms with Crippen LogP contribution in [0.3, 0.4) is 0 Å². The Kier molecular flexibility index (Phi) is 5.58. The lowest BCUT2D eigenvalue weighted by Gasteiger charge is -2.30. The number of ketones is 1. The summed E-state index contributed by atoms with van der Waals surface area (Å²) in [6, 6.07) is 8.13. The van der Waals surface area contributed by atoms with Gasteiger partial charge in [-0.2, -0.15) is 0 Å². The molecule has 2 rings (SSSR count). The van der Waals surface area contributed by atoms with Gasteiger partial charge < -0.3 is 4.74 Å². The summed E-state index contributed by atoms with van der Waals surface area (Å²) in [5.74, 6) is 0.780. The molecule has 0 aliphatic heterocycles. The number of benzene rings is 1. The van der Waals surface area contributed by atoms with E-state index in [1.807, 2.05) is 12.1 Å². The molecule has 2 nitrogen and oxygen atoms in total. The van der Waals surface area contributed by atoms with Gasteiger partial charge in [-0.05, 0) is 36.8 Å². The van der Waals surface area contributed by atoms with Crippen LogP contribution in [0.25, 0.3) is 0 Å². The summed E-state index contributed by atoms with van der Waals surface area (Å²) in [5, 5.41) is 0. The summed E-state index contributed by atoms with van der Waals surface area (Å²) < 4.78 is 5.75. The van der Waals surface area contributed by atoms with E-state index in [1.165, 1.54) is 18.4 Å². The van der Waals surface area contributed by atoms with Gasteiger partial charge >= 0.3 is 0 Å². The van der Waals surface area contributed by atoms with E-state index in [1.54, 1.807) is 7.11 Å². The highest BCUT2D eigenvalue weighted by Gasteiger charge is 2.39. The van der Waals surface area contributed by atoms with Crippen LogP contribution in [-0.4, -0.2) is 18.5 Å². The van der Waals surface area contributed by atoms with Gasteiger partial charge in [0.2, 0.25) is 0 Å². The SMILES string of the molecule is COC1(C(=O)c2cccc(CC(C)C)c2)CCCCCC1. The van der Waals surface area contributed by atoms with E-state index in [2.05, 4.69) is 26.0 Å². The molecule has 1 aromatic carbocycles. The van der Waals surface area contributed by atoms with E-state index >= 15 is 0 Å². The van der Waals surface area contributed by atoms with Crippen molar-refractivity contribution >= 4 is 5.78 Å². The monoisotopic (exact) mass is 288 g/mol. The van der Waals surface area contributed by atoms with Gasteiger partial charge in [-0.15, -0.1) is 0 Å². The van der Waals surface area contributed by atoms with Crippen LogP contribution in [-0.2, 0) is 11.2 Å². The van der Waals surface area contributed by atoms with Crippen molar-refractivity contribution < 1.29 is 9.53 Å². The van der Waals surface area contributed by atoms with Crippen molar-refractivity contribution in [2.75, 3.05) is 7.11 Å². The van der Waals surface area contributed by atoms with Crippen molar-refractivity contribution in [1.29, 1.82) is 0 Å². The molecule has 0 N–H and O–H groups in total. The summed E-state index contributed by atoms with van der Waals surface area (Å²) in [6.45, 7) is 4.41. The normalized spacial score (nSPS) is 18.5. The van der Waals surface area contributed by atoms with Crippen LogP contribution in [0.5, 0.6) is 0 Å². The summed E-state index contributed by atoms with van der Waals surface area (Å²) in [7, 11) is 1.70. The van der Waals surface area contributed by atoms with E-state index < -0.39 is 5.60 Å². The molecule has 0 heterocycles. The number of ether oxygens (including phenoxy) is 1. The molecule has 0 bridgehead atoms. The largest absolute Gasteiger partial charge is 0.370 e. The topological polar surface area (TPSA) is 26.3 Å². The second-order valence-electron chi connectivity index (χ2n) is 6.74. The average Bonchev–Trinajstić information content (AvgIpc) is 2.72. The van der Waals surface area contributed by atoms with Crippen molar-refractivity contribution in [3.63, 3.8) is 0 Å². The Balaban J connectivity index is 2.24. The first-order valence-electron chi connectivity index (χ1n) is 8.26. The first kappa shape index (κ1) is 16.2. The zero-order chi connectivity index (χ0) is 15.3. The molecular formula is C19H28O2.